The van der Waals surface area contributed by atoms with Crippen LogP contribution in [0.1, 0.15) is 21.5 Å². The molecular formula is C11H16N2O3S. The molecule has 1 atom stereocenters. The summed E-state index contributed by atoms with van der Waals surface area (Å²) in [5, 5.41) is 13.8. The van der Waals surface area contributed by atoms with Crippen molar-refractivity contribution in [1.82, 2.24) is 10.6 Å². The third kappa shape index (κ3) is 4.54. The number of aryl methyl sites for hydroxylation is 1. The molecule has 1 aromatic rings. The molecule has 0 saturated heterocycles. The molecule has 1 heterocycles. The maximum Gasteiger partial charge on any atom is 0.261 e. The number of hydrogen-bond acceptors (Lipinski definition) is 4. The molecule has 0 bridgehead atoms. The van der Waals surface area contributed by atoms with Crippen LogP contribution in [0.2, 0.25) is 0 Å². The Labute approximate surface area is 104 Å². The van der Waals surface area contributed by atoms with Crippen molar-refractivity contribution in [3.8, 4) is 0 Å². The zero-order valence-electron chi connectivity index (χ0n) is 9.82. The fourth-order valence-corrected chi connectivity index (χ4v) is 1.96. The Morgan fingerprint density at radius 1 is 1.47 bits per heavy atom. The molecule has 94 valence electrons. The first-order chi connectivity index (χ1) is 8.02. The second-order valence-electron chi connectivity index (χ2n) is 3.74. The maximum absolute atomic E-state index is 11.6. The van der Waals surface area contributed by atoms with E-state index >= 15 is 0 Å². The van der Waals surface area contributed by atoms with Crippen molar-refractivity contribution in [3.05, 3.63) is 21.9 Å². The van der Waals surface area contributed by atoms with Gasteiger partial charge < -0.3 is 15.7 Å². The van der Waals surface area contributed by atoms with E-state index < -0.39 is 0 Å². The van der Waals surface area contributed by atoms with Crippen LogP contribution in [-0.2, 0) is 4.79 Å². The largest absolute Gasteiger partial charge is 0.394 e. The number of carbonyl (C=O) groups is 2. The summed E-state index contributed by atoms with van der Waals surface area (Å²) in [6.07, 6.45) is 0. The number of hydrogen-bond donors (Lipinski definition) is 3. The predicted molar refractivity (Wildman–Crippen MR) is 66.1 cm³/mol. The first-order valence-electron chi connectivity index (χ1n) is 5.27. The summed E-state index contributed by atoms with van der Waals surface area (Å²) in [4.78, 5) is 24.5. The fraction of sp³-hybridized carbons (Fsp3) is 0.455. The van der Waals surface area contributed by atoms with Crippen molar-refractivity contribution in [2.75, 3.05) is 13.2 Å². The molecule has 1 unspecified atom stereocenters. The summed E-state index contributed by atoms with van der Waals surface area (Å²) in [6, 6.07) is 3.28. The fourth-order valence-electron chi connectivity index (χ4n) is 1.18. The van der Waals surface area contributed by atoms with E-state index in [9.17, 15) is 9.59 Å². The number of carbonyl (C=O) groups excluding carboxylic acids is 2. The molecule has 0 aliphatic carbocycles. The zero-order chi connectivity index (χ0) is 12.8. The molecule has 6 heteroatoms. The highest BCUT2D eigenvalue weighted by atomic mass is 32.1. The van der Waals surface area contributed by atoms with E-state index in [4.69, 9.17) is 5.11 Å². The van der Waals surface area contributed by atoms with Gasteiger partial charge in [0, 0.05) is 10.9 Å². The van der Waals surface area contributed by atoms with Gasteiger partial charge in [0.25, 0.3) is 5.91 Å². The van der Waals surface area contributed by atoms with Crippen LogP contribution in [0.3, 0.4) is 0 Å². The number of rotatable bonds is 5. The molecule has 0 aliphatic heterocycles. The smallest absolute Gasteiger partial charge is 0.261 e. The summed E-state index contributed by atoms with van der Waals surface area (Å²) >= 11 is 1.38. The second-order valence-corrected chi connectivity index (χ2v) is 5.03. The Bertz CT molecular complexity index is 403. The minimum atomic E-state index is -0.312. The van der Waals surface area contributed by atoms with Crippen LogP contribution in [0.25, 0.3) is 0 Å². The monoisotopic (exact) mass is 256 g/mol. The van der Waals surface area contributed by atoms with Gasteiger partial charge in [-0.3, -0.25) is 9.59 Å². The van der Waals surface area contributed by atoms with Gasteiger partial charge in [-0.1, -0.05) is 0 Å². The molecule has 0 aliphatic rings. The maximum atomic E-state index is 11.6. The van der Waals surface area contributed by atoms with Crippen molar-refractivity contribution in [2.45, 2.75) is 19.9 Å². The first kappa shape index (κ1) is 13.7. The molecule has 0 radical (unpaired) electrons. The number of aliphatic hydroxyl groups excluding tert-OH is 1. The van der Waals surface area contributed by atoms with E-state index in [2.05, 4.69) is 10.6 Å². The van der Waals surface area contributed by atoms with Gasteiger partial charge in [-0.05, 0) is 26.0 Å². The lowest BCUT2D eigenvalue weighted by molar-refractivity contribution is -0.121. The SMILES string of the molecule is Cc1ccc(C(=O)NCC(=O)NC(C)CO)s1. The van der Waals surface area contributed by atoms with Gasteiger partial charge in [-0.2, -0.15) is 0 Å². The number of nitrogens with one attached hydrogen (secondary N) is 2. The predicted octanol–water partition coefficient (Wildman–Crippen LogP) is 0.283. The molecule has 3 N–H and O–H groups in total. The lowest BCUT2D eigenvalue weighted by atomic mass is 10.3. The van der Waals surface area contributed by atoms with Gasteiger partial charge in [0.2, 0.25) is 5.91 Å². The molecular weight excluding hydrogens is 240 g/mol. The Kier molecular flexibility index (Phi) is 5.11. The van der Waals surface area contributed by atoms with Crippen molar-refractivity contribution in [2.24, 2.45) is 0 Å². The van der Waals surface area contributed by atoms with Crippen molar-refractivity contribution >= 4 is 23.2 Å². The normalized spacial score (nSPS) is 11.9. The average Bonchev–Trinajstić information content (AvgIpc) is 2.72. The molecule has 17 heavy (non-hydrogen) atoms. The number of thiophene rings is 1. The zero-order valence-corrected chi connectivity index (χ0v) is 10.6. The lowest BCUT2D eigenvalue weighted by Gasteiger charge is -2.10. The Morgan fingerprint density at radius 2 is 2.18 bits per heavy atom. The Hall–Kier alpha value is -1.40. The highest BCUT2D eigenvalue weighted by Crippen LogP contribution is 2.14. The topological polar surface area (TPSA) is 78.4 Å². The van der Waals surface area contributed by atoms with Gasteiger partial charge in [0.1, 0.15) is 0 Å². The third-order valence-electron chi connectivity index (χ3n) is 2.05. The van der Waals surface area contributed by atoms with Crippen LogP contribution >= 0.6 is 11.3 Å². The van der Waals surface area contributed by atoms with Crippen LogP contribution in [0.5, 0.6) is 0 Å². The molecule has 1 rings (SSSR count). The molecule has 1 aromatic heterocycles. The Balaban J connectivity index is 2.36. The highest BCUT2D eigenvalue weighted by Gasteiger charge is 2.10. The van der Waals surface area contributed by atoms with Crippen LogP contribution < -0.4 is 10.6 Å². The lowest BCUT2D eigenvalue weighted by Crippen LogP contribution is -2.42. The molecule has 0 aromatic carbocycles. The highest BCUT2D eigenvalue weighted by molar-refractivity contribution is 7.13. The minimum Gasteiger partial charge on any atom is -0.394 e. The molecule has 5 nitrogen and oxygen atoms in total. The van der Waals surface area contributed by atoms with E-state index in [0.29, 0.717) is 4.88 Å². The average molecular weight is 256 g/mol. The molecule has 2 amide bonds. The first-order valence-corrected chi connectivity index (χ1v) is 6.09. The molecule has 0 fully saturated rings. The van der Waals surface area contributed by atoms with Crippen LogP contribution in [0.15, 0.2) is 12.1 Å². The standard InChI is InChI=1S/C11H16N2O3S/c1-7(6-14)13-10(15)5-12-11(16)9-4-3-8(2)17-9/h3-4,7,14H,5-6H2,1-2H3,(H,12,16)(H,13,15). The van der Waals surface area contributed by atoms with Gasteiger partial charge in [-0.15, -0.1) is 11.3 Å². The van der Waals surface area contributed by atoms with Gasteiger partial charge in [0.15, 0.2) is 0 Å². The van der Waals surface area contributed by atoms with Gasteiger partial charge >= 0.3 is 0 Å². The van der Waals surface area contributed by atoms with E-state index in [-0.39, 0.29) is 31.0 Å². The minimum absolute atomic E-state index is 0.0832. The van der Waals surface area contributed by atoms with E-state index in [1.807, 2.05) is 13.0 Å². The number of amides is 2. The van der Waals surface area contributed by atoms with Crippen LogP contribution in [-0.4, -0.2) is 36.1 Å². The summed E-state index contributed by atoms with van der Waals surface area (Å²) in [5.41, 5.74) is 0. The Morgan fingerprint density at radius 3 is 2.71 bits per heavy atom. The van der Waals surface area contributed by atoms with Gasteiger partial charge in [-0.25, -0.2) is 0 Å². The summed E-state index contributed by atoms with van der Waals surface area (Å²) in [7, 11) is 0. The van der Waals surface area contributed by atoms with Gasteiger partial charge in [0.05, 0.1) is 18.0 Å². The van der Waals surface area contributed by atoms with E-state index in [1.54, 1.807) is 13.0 Å². The summed E-state index contributed by atoms with van der Waals surface area (Å²) in [6.45, 7) is 3.39. The van der Waals surface area contributed by atoms with E-state index in [0.717, 1.165) is 4.88 Å². The van der Waals surface area contributed by atoms with Crippen molar-refractivity contribution < 1.29 is 14.7 Å². The van der Waals surface area contributed by atoms with Crippen molar-refractivity contribution in [1.29, 1.82) is 0 Å². The van der Waals surface area contributed by atoms with Crippen molar-refractivity contribution in [3.63, 3.8) is 0 Å². The third-order valence-corrected chi connectivity index (χ3v) is 3.05. The van der Waals surface area contributed by atoms with E-state index in [1.165, 1.54) is 11.3 Å². The number of aliphatic hydroxyl groups is 1. The summed E-state index contributed by atoms with van der Waals surface area (Å²) < 4.78 is 0. The molecule has 0 spiro atoms. The van der Waals surface area contributed by atoms with Crippen LogP contribution in [0.4, 0.5) is 0 Å². The quantitative estimate of drug-likeness (QED) is 0.708. The van der Waals surface area contributed by atoms with Crippen LogP contribution in [0, 0.1) is 6.92 Å². The molecule has 0 saturated carbocycles. The summed E-state index contributed by atoms with van der Waals surface area (Å²) in [5.74, 6) is -0.567. The second kappa shape index (κ2) is 6.36.